The highest BCUT2D eigenvalue weighted by Crippen LogP contribution is 2.37. The minimum atomic E-state index is -3.46. The zero-order valence-corrected chi connectivity index (χ0v) is 13.8. The van der Waals surface area contributed by atoms with Crippen LogP contribution >= 0.6 is 0 Å². The lowest BCUT2D eigenvalue weighted by Crippen LogP contribution is -2.31. The summed E-state index contributed by atoms with van der Waals surface area (Å²) in [6.45, 7) is 4.38. The molecule has 116 valence electrons. The first-order valence-corrected chi connectivity index (χ1v) is 9.08. The smallest absolute Gasteiger partial charge is 0.207 e. The fourth-order valence-corrected chi connectivity index (χ4v) is 5.14. The second-order valence-corrected chi connectivity index (χ2v) is 7.81. The molecule has 0 radical (unpaired) electrons. The van der Waals surface area contributed by atoms with Crippen molar-refractivity contribution in [3.8, 4) is 0 Å². The standard InChI is InChI=1S/C18H21NO2S/c1-14-10-11-15(2)18(13-14)22(20,21)19-12-6-9-17(19)16-7-4-3-5-8-16/h3-5,7-8,10-11,13,17H,6,9,12H2,1-2H3. The Morgan fingerprint density at radius 1 is 1.05 bits per heavy atom. The summed E-state index contributed by atoms with van der Waals surface area (Å²) in [5, 5.41) is 0. The van der Waals surface area contributed by atoms with Gasteiger partial charge in [0.05, 0.1) is 10.9 Å². The average Bonchev–Trinajstić information content (AvgIpc) is 3.01. The van der Waals surface area contributed by atoms with Crippen molar-refractivity contribution in [2.45, 2.75) is 37.6 Å². The highest BCUT2D eigenvalue weighted by atomic mass is 32.2. The van der Waals surface area contributed by atoms with Crippen molar-refractivity contribution in [1.82, 2.24) is 4.31 Å². The lowest BCUT2D eigenvalue weighted by Gasteiger charge is -2.25. The molecule has 3 rings (SSSR count). The molecule has 0 aliphatic carbocycles. The van der Waals surface area contributed by atoms with E-state index in [0.717, 1.165) is 29.5 Å². The van der Waals surface area contributed by atoms with Gasteiger partial charge in [-0.3, -0.25) is 0 Å². The third-order valence-corrected chi connectivity index (χ3v) is 6.37. The topological polar surface area (TPSA) is 37.4 Å². The van der Waals surface area contributed by atoms with E-state index >= 15 is 0 Å². The van der Waals surface area contributed by atoms with Gasteiger partial charge in [-0.1, -0.05) is 42.5 Å². The molecule has 1 atom stereocenters. The van der Waals surface area contributed by atoms with Gasteiger partial charge in [-0.2, -0.15) is 4.31 Å². The van der Waals surface area contributed by atoms with Gasteiger partial charge in [0.25, 0.3) is 0 Å². The molecule has 2 aromatic rings. The summed E-state index contributed by atoms with van der Waals surface area (Å²) in [6, 6.07) is 15.5. The number of benzene rings is 2. The molecule has 0 aromatic heterocycles. The van der Waals surface area contributed by atoms with Gasteiger partial charge in [0.15, 0.2) is 0 Å². The van der Waals surface area contributed by atoms with E-state index in [9.17, 15) is 8.42 Å². The number of rotatable bonds is 3. The molecule has 1 fully saturated rings. The van der Waals surface area contributed by atoms with Crippen LogP contribution in [0.2, 0.25) is 0 Å². The number of nitrogens with zero attached hydrogens (tertiary/aromatic N) is 1. The molecule has 1 saturated heterocycles. The van der Waals surface area contributed by atoms with Gasteiger partial charge in [-0.15, -0.1) is 0 Å². The van der Waals surface area contributed by atoms with E-state index in [4.69, 9.17) is 0 Å². The minimum Gasteiger partial charge on any atom is -0.207 e. The summed E-state index contributed by atoms with van der Waals surface area (Å²) >= 11 is 0. The Labute approximate surface area is 132 Å². The van der Waals surface area contributed by atoms with E-state index in [1.165, 1.54) is 0 Å². The van der Waals surface area contributed by atoms with Crippen LogP contribution in [-0.4, -0.2) is 19.3 Å². The molecule has 2 aromatic carbocycles. The van der Waals surface area contributed by atoms with E-state index in [0.29, 0.717) is 11.4 Å². The lowest BCUT2D eigenvalue weighted by atomic mass is 10.1. The van der Waals surface area contributed by atoms with Crippen LogP contribution in [0.4, 0.5) is 0 Å². The summed E-state index contributed by atoms with van der Waals surface area (Å²) in [4.78, 5) is 0.440. The number of sulfonamides is 1. The summed E-state index contributed by atoms with van der Waals surface area (Å²) in [5.41, 5.74) is 2.86. The second-order valence-electron chi connectivity index (χ2n) is 5.95. The molecule has 0 N–H and O–H groups in total. The highest BCUT2D eigenvalue weighted by Gasteiger charge is 2.36. The van der Waals surface area contributed by atoms with Gasteiger partial charge in [0.1, 0.15) is 0 Å². The molecule has 1 heterocycles. The summed E-state index contributed by atoms with van der Waals surface area (Å²) < 4.78 is 27.9. The molecule has 0 saturated carbocycles. The Morgan fingerprint density at radius 2 is 1.77 bits per heavy atom. The number of hydrogen-bond donors (Lipinski definition) is 0. The van der Waals surface area contributed by atoms with Crippen molar-refractivity contribution >= 4 is 10.0 Å². The van der Waals surface area contributed by atoms with Gasteiger partial charge in [0.2, 0.25) is 10.0 Å². The summed E-state index contributed by atoms with van der Waals surface area (Å²) in [5.74, 6) is 0. The quantitative estimate of drug-likeness (QED) is 0.863. The Hall–Kier alpha value is -1.65. The van der Waals surface area contributed by atoms with Crippen LogP contribution in [0.5, 0.6) is 0 Å². The zero-order valence-electron chi connectivity index (χ0n) is 13.0. The maximum atomic E-state index is 13.1. The maximum absolute atomic E-state index is 13.1. The minimum absolute atomic E-state index is 0.0499. The Kier molecular flexibility index (Phi) is 4.06. The Bertz CT molecular complexity index is 769. The van der Waals surface area contributed by atoms with Crippen molar-refractivity contribution in [3.63, 3.8) is 0 Å². The summed E-state index contributed by atoms with van der Waals surface area (Å²) in [6.07, 6.45) is 1.79. The first-order valence-electron chi connectivity index (χ1n) is 7.64. The van der Waals surface area contributed by atoms with E-state index < -0.39 is 10.0 Å². The SMILES string of the molecule is Cc1ccc(C)c(S(=O)(=O)N2CCCC2c2ccccc2)c1. The van der Waals surface area contributed by atoms with Crippen LogP contribution in [0.3, 0.4) is 0 Å². The van der Waals surface area contributed by atoms with Crippen molar-refractivity contribution in [2.24, 2.45) is 0 Å². The zero-order chi connectivity index (χ0) is 15.7. The highest BCUT2D eigenvalue weighted by molar-refractivity contribution is 7.89. The molecule has 0 amide bonds. The van der Waals surface area contributed by atoms with Gasteiger partial charge < -0.3 is 0 Å². The largest absolute Gasteiger partial charge is 0.243 e. The predicted molar refractivity (Wildman–Crippen MR) is 88.2 cm³/mol. The molecule has 3 nitrogen and oxygen atoms in total. The molecule has 0 bridgehead atoms. The van der Waals surface area contributed by atoms with E-state index in [-0.39, 0.29) is 6.04 Å². The van der Waals surface area contributed by atoms with E-state index in [1.807, 2.05) is 56.3 Å². The number of hydrogen-bond acceptors (Lipinski definition) is 2. The van der Waals surface area contributed by atoms with Crippen LogP contribution in [-0.2, 0) is 10.0 Å². The fraction of sp³-hybridized carbons (Fsp3) is 0.333. The molecule has 1 unspecified atom stereocenters. The lowest BCUT2D eigenvalue weighted by molar-refractivity contribution is 0.396. The average molecular weight is 315 g/mol. The second kappa shape index (κ2) is 5.86. The Balaban J connectivity index is 2.03. The molecule has 1 aliphatic heterocycles. The van der Waals surface area contributed by atoms with Crippen LogP contribution < -0.4 is 0 Å². The van der Waals surface area contributed by atoms with Crippen molar-refractivity contribution in [3.05, 3.63) is 65.2 Å². The van der Waals surface area contributed by atoms with Gasteiger partial charge in [-0.25, -0.2) is 8.42 Å². The van der Waals surface area contributed by atoms with Crippen LogP contribution in [0.25, 0.3) is 0 Å². The van der Waals surface area contributed by atoms with Crippen LogP contribution in [0.15, 0.2) is 53.4 Å². The molecular weight excluding hydrogens is 294 g/mol. The van der Waals surface area contributed by atoms with Crippen LogP contribution in [0.1, 0.15) is 35.6 Å². The normalized spacial score (nSPS) is 19.5. The van der Waals surface area contributed by atoms with Gasteiger partial charge >= 0.3 is 0 Å². The molecule has 0 spiro atoms. The molecule has 22 heavy (non-hydrogen) atoms. The molecule has 4 heteroatoms. The maximum Gasteiger partial charge on any atom is 0.243 e. The molecule has 1 aliphatic rings. The Morgan fingerprint density at radius 3 is 2.50 bits per heavy atom. The van der Waals surface area contributed by atoms with E-state index in [2.05, 4.69) is 0 Å². The van der Waals surface area contributed by atoms with E-state index in [1.54, 1.807) is 10.4 Å². The number of aryl methyl sites for hydroxylation is 2. The third kappa shape index (κ3) is 2.69. The van der Waals surface area contributed by atoms with Crippen molar-refractivity contribution in [1.29, 1.82) is 0 Å². The van der Waals surface area contributed by atoms with Crippen molar-refractivity contribution < 1.29 is 8.42 Å². The van der Waals surface area contributed by atoms with Crippen LogP contribution in [0, 0.1) is 13.8 Å². The molecular formula is C18H21NO2S. The first-order chi connectivity index (χ1) is 10.5. The monoisotopic (exact) mass is 315 g/mol. The van der Waals surface area contributed by atoms with Gasteiger partial charge in [-0.05, 0) is 49.4 Å². The predicted octanol–water partition coefficient (Wildman–Crippen LogP) is 3.83. The summed E-state index contributed by atoms with van der Waals surface area (Å²) in [7, 11) is -3.46. The first kappa shape index (κ1) is 15.3. The van der Waals surface area contributed by atoms with Gasteiger partial charge in [0, 0.05) is 6.54 Å². The third-order valence-electron chi connectivity index (χ3n) is 4.32. The van der Waals surface area contributed by atoms with Crippen molar-refractivity contribution in [2.75, 3.05) is 6.54 Å². The fourth-order valence-electron chi connectivity index (χ4n) is 3.15.